The molecule has 1 aliphatic heterocycles. The zero-order chi connectivity index (χ0) is 18.1. The van der Waals surface area contributed by atoms with Crippen LogP contribution in [-0.2, 0) is 14.3 Å². The SMILES string of the molecule is Cc1nc(-c2ccc3c(c2)N(CC(=O)OC(C)C)C(=O)C(C)O3)cs1. The Balaban J connectivity index is 1.96. The monoisotopic (exact) mass is 360 g/mol. The quantitative estimate of drug-likeness (QED) is 0.783. The average Bonchev–Trinajstić information content (AvgIpc) is 2.97. The molecule has 1 atom stereocenters. The number of thiazole rings is 1. The van der Waals surface area contributed by atoms with Crippen LogP contribution in [0.2, 0.25) is 0 Å². The van der Waals surface area contributed by atoms with Crippen molar-refractivity contribution in [2.24, 2.45) is 0 Å². The Morgan fingerprint density at radius 1 is 1.44 bits per heavy atom. The highest BCUT2D eigenvalue weighted by atomic mass is 32.1. The van der Waals surface area contributed by atoms with Gasteiger partial charge in [0, 0.05) is 10.9 Å². The second-order valence-corrected chi connectivity index (χ2v) is 7.22. The summed E-state index contributed by atoms with van der Waals surface area (Å²) in [5, 5.41) is 2.92. The van der Waals surface area contributed by atoms with Crippen LogP contribution in [0.5, 0.6) is 5.75 Å². The van der Waals surface area contributed by atoms with Gasteiger partial charge in [-0.05, 0) is 45.9 Å². The minimum absolute atomic E-state index is 0.142. The first-order chi connectivity index (χ1) is 11.8. The summed E-state index contributed by atoms with van der Waals surface area (Å²) in [6.45, 7) is 7.02. The van der Waals surface area contributed by atoms with E-state index < -0.39 is 12.1 Å². The smallest absolute Gasteiger partial charge is 0.326 e. The Bertz CT molecular complexity index is 815. The molecule has 2 aromatic rings. The van der Waals surface area contributed by atoms with Gasteiger partial charge in [0.2, 0.25) is 0 Å². The van der Waals surface area contributed by atoms with Gasteiger partial charge in [-0.3, -0.25) is 14.5 Å². The lowest BCUT2D eigenvalue weighted by molar-refractivity contribution is -0.146. The maximum absolute atomic E-state index is 12.5. The molecule has 0 saturated heterocycles. The summed E-state index contributed by atoms with van der Waals surface area (Å²) in [5.74, 6) is -0.140. The molecule has 1 aromatic carbocycles. The molecule has 25 heavy (non-hydrogen) atoms. The molecule has 0 spiro atoms. The van der Waals surface area contributed by atoms with Crippen molar-refractivity contribution >= 4 is 28.9 Å². The van der Waals surface area contributed by atoms with Crippen LogP contribution in [0.1, 0.15) is 25.8 Å². The summed E-state index contributed by atoms with van der Waals surface area (Å²) in [7, 11) is 0. The largest absolute Gasteiger partial charge is 0.479 e. The molecule has 7 heteroatoms. The summed E-state index contributed by atoms with van der Waals surface area (Å²) in [4.78, 5) is 30.5. The molecule has 2 heterocycles. The summed E-state index contributed by atoms with van der Waals surface area (Å²) in [6, 6.07) is 5.54. The number of aromatic nitrogens is 1. The fourth-order valence-corrected chi connectivity index (χ4v) is 3.28. The Morgan fingerprint density at radius 3 is 2.84 bits per heavy atom. The van der Waals surface area contributed by atoms with Crippen molar-refractivity contribution in [3.8, 4) is 17.0 Å². The number of nitrogens with zero attached hydrogens (tertiary/aromatic N) is 2. The molecular formula is C18H20N2O4S. The first-order valence-electron chi connectivity index (χ1n) is 8.09. The molecule has 0 aliphatic carbocycles. The molecule has 3 rings (SSSR count). The zero-order valence-corrected chi connectivity index (χ0v) is 15.4. The molecule has 0 bridgehead atoms. The van der Waals surface area contributed by atoms with Crippen LogP contribution >= 0.6 is 11.3 Å². The lowest BCUT2D eigenvalue weighted by Crippen LogP contribution is -2.47. The van der Waals surface area contributed by atoms with E-state index in [0.717, 1.165) is 16.3 Å². The number of carbonyl (C=O) groups is 2. The van der Waals surface area contributed by atoms with Crippen LogP contribution in [0.4, 0.5) is 5.69 Å². The maximum Gasteiger partial charge on any atom is 0.326 e. The molecular weight excluding hydrogens is 340 g/mol. The van der Waals surface area contributed by atoms with Crippen molar-refractivity contribution in [1.82, 2.24) is 4.98 Å². The third-order valence-corrected chi connectivity index (χ3v) is 4.51. The fraction of sp³-hybridized carbons (Fsp3) is 0.389. The van der Waals surface area contributed by atoms with E-state index in [2.05, 4.69) is 4.98 Å². The number of hydrogen-bond acceptors (Lipinski definition) is 6. The number of amides is 1. The number of anilines is 1. The predicted molar refractivity (Wildman–Crippen MR) is 96.0 cm³/mol. The number of hydrogen-bond donors (Lipinski definition) is 0. The van der Waals surface area contributed by atoms with Crippen LogP contribution < -0.4 is 9.64 Å². The second kappa shape index (κ2) is 6.84. The maximum atomic E-state index is 12.5. The zero-order valence-electron chi connectivity index (χ0n) is 14.6. The van der Waals surface area contributed by atoms with E-state index in [0.29, 0.717) is 11.4 Å². The Hall–Kier alpha value is -2.41. The van der Waals surface area contributed by atoms with Gasteiger partial charge in [-0.15, -0.1) is 11.3 Å². The molecule has 1 amide bonds. The highest BCUT2D eigenvalue weighted by Gasteiger charge is 2.33. The highest BCUT2D eigenvalue weighted by Crippen LogP contribution is 2.37. The van der Waals surface area contributed by atoms with Gasteiger partial charge in [0.05, 0.1) is 22.5 Å². The number of aryl methyl sites for hydroxylation is 1. The van der Waals surface area contributed by atoms with E-state index in [1.807, 2.05) is 30.5 Å². The standard InChI is InChI=1S/C18H20N2O4S/c1-10(2)23-17(21)8-20-15-7-13(14-9-25-12(4)19-14)5-6-16(15)24-11(3)18(20)22/h5-7,9-11H,8H2,1-4H3. The molecule has 1 aliphatic rings. The van der Waals surface area contributed by atoms with Crippen LogP contribution in [0.25, 0.3) is 11.3 Å². The van der Waals surface area contributed by atoms with Gasteiger partial charge in [-0.2, -0.15) is 0 Å². The minimum Gasteiger partial charge on any atom is -0.479 e. The van der Waals surface area contributed by atoms with E-state index in [9.17, 15) is 9.59 Å². The number of rotatable bonds is 4. The third kappa shape index (κ3) is 3.66. The van der Waals surface area contributed by atoms with Crippen molar-refractivity contribution in [2.75, 3.05) is 11.4 Å². The van der Waals surface area contributed by atoms with Gasteiger partial charge < -0.3 is 9.47 Å². The van der Waals surface area contributed by atoms with Crippen molar-refractivity contribution in [1.29, 1.82) is 0 Å². The van der Waals surface area contributed by atoms with Crippen molar-refractivity contribution in [3.05, 3.63) is 28.6 Å². The van der Waals surface area contributed by atoms with E-state index in [4.69, 9.17) is 9.47 Å². The minimum atomic E-state index is -0.647. The predicted octanol–water partition coefficient (Wildman–Crippen LogP) is 3.18. The molecule has 0 radical (unpaired) electrons. The van der Waals surface area contributed by atoms with Crippen LogP contribution in [-0.4, -0.2) is 35.6 Å². The highest BCUT2D eigenvalue weighted by molar-refractivity contribution is 7.09. The third-order valence-electron chi connectivity index (χ3n) is 3.74. The Morgan fingerprint density at radius 2 is 2.20 bits per heavy atom. The Kier molecular flexibility index (Phi) is 4.76. The van der Waals surface area contributed by atoms with E-state index in [-0.39, 0.29) is 18.6 Å². The fourth-order valence-electron chi connectivity index (χ4n) is 2.65. The molecule has 1 aromatic heterocycles. The number of esters is 1. The van der Waals surface area contributed by atoms with Crippen LogP contribution in [0.15, 0.2) is 23.6 Å². The molecule has 1 unspecified atom stereocenters. The van der Waals surface area contributed by atoms with Crippen LogP contribution in [0.3, 0.4) is 0 Å². The Labute approximate surface area is 150 Å². The summed E-state index contributed by atoms with van der Waals surface area (Å²) < 4.78 is 10.9. The molecule has 132 valence electrons. The number of benzene rings is 1. The first-order valence-corrected chi connectivity index (χ1v) is 8.97. The molecule has 0 fully saturated rings. The topological polar surface area (TPSA) is 68.7 Å². The van der Waals surface area contributed by atoms with E-state index in [1.54, 1.807) is 32.1 Å². The van der Waals surface area contributed by atoms with Gasteiger partial charge in [0.25, 0.3) is 5.91 Å². The molecule has 6 nitrogen and oxygen atoms in total. The van der Waals surface area contributed by atoms with Gasteiger partial charge in [-0.25, -0.2) is 4.98 Å². The summed E-state index contributed by atoms with van der Waals surface area (Å²) in [5.41, 5.74) is 2.27. The number of fused-ring (bicyclic) bond motifs is 1. The van der Waals surface area contributed by atoms with E-state index in [1.165, 1.54) is 4.90 Å². The number of ether oxygens (including phenoxy) is 2. The lowest BCUT2D eigenvalue weighted by atomic mass is 10.1. The second-order valence-electron chi connectivity index (χ2n) is 6.16. The first kappa shape index (κ1) is 17.4. The van der Waals surface area contributed by atoms with Gasteiger partial charge in [0.1, 0.15) is 12.3 Å². The van der Waals surface area contributed by atoms with Crippen molar-refractivity contribution < 1.29 is 19.1 Å². The van der Waals surface area contributed by atoms with Crippen LogP contribution in [0, 0.1) is 6.92 Å². The summed E-state index contributed by atoms with van der Waals surface area (Å²) in [6.07, 6.45) is -0.878. The van der Waals surface area contributed by atoms with E-state index >= 15 is 0 Å². The molecule has 0 saturated carbocycles. The summed E-state index contributed by atoms with van der Waals surface area (Å²) >= 11 is 1.56. The normalized spacial score (nSPS) is 16.6. The van der Waals surface area contributed by atoms with Gasteiger partial charge >= 0.3 is 5.97 Å². The van der Waals surface area contributed by atoms with Crippen molar-refractivity contribution in [2.45, 2.75) is 39.9 Å². The molecule has 0 N–H and O–H groups in total. The van der Waals surface area contributed by atoms with Gasteiger partial charge in [-0.1, -0.05) is 0 Å². The average molecular weight is 360 g/mol. The number of carbonyl (C=O) groups excluding carboxylic acids is 2. The lowest BCUT2D eigenvalue weighted by Gasteiger charge is -2.32. The van der Waals surface area contributed by atoms with Gasteiger partial charge in [0.15, 0.2) is 6.10 Å². The van der Waals surface area contributed by atoms with Crippen molar-refractivity contribution in [3.63, 3.8) is 0 Å².